The molecule has 0 spiro atoms. The normalized spacial score (nSPS) is 14.2. The number of nitrogens with zero attached hydrogens (tertiary/aromatic N) is 1. The number of Topliss-reactive ketones (excluding diaryl/α,β-unsaturated/α-hetero) is 1. The highest BCUT2D eigenvalue weighted by Gasteiger charge is 2.30. The average molecular weight is 297 g/mol. The summed E-state index contributed by atoms with van der Waals surface area (Å²) in [4.78, 5) is 24.9. The van der Waals surface area contributed by atoms with Gasteiger partial charge in [-0.25, -0.2) is 0 Å². The molecule has 0 aromatic heterocycles. The van der Waals surface area contributed by atoms with Gasteiger partial charge in [0.25, 0.3) is 11.7 Å². The zero-order valence-electron chi connectivity index (χ0n) is 11.7. The van der Waals surface area contributed by atoms with E-state index in [4.69, 9.17) is 11.6 Å². The zero-order chi connectivity index (χ0) is 15.1. The van der Waals surface area contributed by atoms with Crippen molar-refractivity contribution >= 4 is 34.7 Å². The molecule has 6 heteroatoms. The van der Waals surface area contributed by atoms with Crippen molar-refractivity contribution in [3.63, 3.8) is 0 Å². The van der Waals surface area contributed by atoms with Crippen LogP contribution in [0.3, 0.4) is 0 Å². The molecule has 1 aliphatic rings. The molecule has 0 unspecified atom stereocenters. The second-order valence-electron chi connectivity index (χ2n) is 5.46. The minimum atomic E-state index is -0.878. The lowest BCUT2D eigenvalue weighted by atomic mass is 10.1. The third kappa shape index (κ3) is 2.78. The largest absolute Gasteiger partial charge is 0.389 e. The van der Waals surface area contributed by atoms with Crippen LogP contribution in [0, 0.1) is 0 Å². The number of amides is 1. The number of likely N-dealkylation sites (N-methyl/N-ethyl adjacent to an activating group) is 1. The van der Waals surface area contributed by atoms with E-state index in [0.29, 0.717) is 35.1 Å². The Balaban J connectivity index is 2.41. The average Bonchev–Trinajstić information content (AvgIpc) is 2.61. The lowest BCUT2D eigenvalue weighted by Crippen LogP contribution is -2.38. The summed E-state index contributed by atoms with van der Waals surface area (Å²) in [7, 11) is 0. The molecule has 0 aliphatic carbocycles. The summed E-state index contributed by atoms with van der Waals surface area (Å²) in [5.74, 6) is -1.21. The van der Waals surface area contributed by atoms with Gasteiger partial charge in [0.2, 0.25) is 0 Å². The summed E-state index contributed by atoms with van der Waals surface area (Å²) < 4.78 is 0. The first-order valence-corrected chi connectivity index (χ1v) is 6.77. The summed E-state index contributed by atoms with van der Waals surface area (Å²) in [6.45, 7) is 6.40. The van der Waals surface area contributed by atoms with Gasteiger partial charge < -0.3 is 15.3 Å². The molecule has 2 rings (SSSR count). The van der Waals surface area contributed by atoms with Crippen LogP contribution in [0.4, 0.5) is 11.4 Å². The number of carbonyl (C=O) groups excluding carboxylic acids is 2. The molecular formula is C14H17ClN2O3. The highest BCUT2D eigenvalue weighted by Crippen LogP contribution is 2.35. The lowest BCUT2D eigenvalue weighted by Gasteiger charge is -2.30. The van der Waals surface area contributed by atoms with Crippen molar-refractivity contribution in [2.24, 2.45) is 0 Å². The van der Waals surface area contributed by atoms with Crippen LogP contribution in [0.5, 0.6) is 0 Å². The molecule has 0 atom stereocenters. The fourth-order valence-corrected chi connectivity index (χ4v) is 2.51. The first kappa shape index (κ1) is 14.8. The van der Waals surface area contributed by atoms with Crippen LogP contribution in [-0.4, -0.2) is 35.5 Å². The summed E-state index contributed by atoms with van der Waals surface area (Å²) >= 11 is 6.21. The minimum Gasteiger partial charge on any atom is -0.389 e. The number of ketones is 1. The van der Waals surface area contributed by atoms with Crippen LogP contribution in [0.1, 0.15) is 31.1 Å². The number of nitrogens with one attached hydrogen (secondary N) is 1. The topological polar surface area (TPSA) is 69.6 Å². The Hall–Kier alpha value is -1.59. The molecule has 108 valence electrons. The summed E-state index contributed by atoms with van der Waals surface area (Å²) in [5, 5.41) is 12.8. The van der Waals surface area contributed by atoms with Crippen molar-refractivity contribution in [2.75, 3.05) is 23.3 Å². The van der Waals surface area contributed by atoms with E-state index in [2.05, 4.69) is 5.32 Å². The molecule has 1 aromatic rings. The first-order chi connectivity index (χ1) is 9.23. The van der Waals surface area contributed by atoms with E-state index in [1.54, 1.807) is 19.9 Å². The molecular weight excluding hydrogens is 280 g/mol. The van der Waals surface area contributed by atoms with E-state index in [-0.39, 0.29) is 0 Å². The Morgan fingerprint density at radius 1 is 1.35 bits per heavy atom. The van der Waals surface area contributed by atoms with Gasteiger partial charge in [-0.15, -0.1) is 0 Å². The highest BCUT2D eigenvalue weighted by molar-refractivity contribution is 6.52. The number of aliphatic hydroxyl groups is 1. The summed E-state index contributed by atoms with van der Waals surface area (Å²) in [6, 6.07) is 3.18. The van der Waals surface area contributed by atoms with Crippen LogP contribution >= 0.6 is 11.6 Å². The molecule has 1 amide bonds. The standard InChI is InChI=1S/C14H17ClN2O3/c1-4-17(7-14(2,3)20)11-6-10-8(5-9(11)15)12(18)13(19)16-10/h5-6,20H,4,7H2,1-3H3,(H,16,18,19). The molecule has 0 fully saturated rings. The van der Waals surface area contributed by atoms with Crippen LogP contribution in [0.15, 0.2) is 12.1 Å². The van der Waals surface area contributed by atoms with Crippen molar-refractivity contribution in [3.8, 4) is 0 Å². The van der Waals surface area contributed by atoms with Gasteiger partial charge in [0.05, 0.1) is 27.6 Å². The van der Waals surface area contributed by atoms with Gasteiger partial charge in [-0.05, 0) is 32.9 Å². The number of fused-ring (bicyclic) bond motifs is 1. The van der Waals surface area contributed by atoms with Gasteiger partial charge in [-0.2, -0.15) is 0 Å². The monoisotopic (exact) mass is 296 g/mol. The maximum atomic E-state index is 11.6. The maximum Gasteiger partial charge on any atom is 0.296 e. The van der Waals surface area contributed by atoms with Gasteiger partial charge in [0.1, 0.15) is 0 Å². The van der Waals surface area contributed by atoms with Crippen LogP contribution < -0.4 is 10.2 Å². The zero-order valence-corrected chi connectivity index (χ0v) is 12.4. The quantitative estimate of drug-likeness (QED) is 0.835. The second kappa shape index (κ2) is 5.07. The van der Waals surface area contributed by atoms with Crippen LogP contribution in [-0.2, 0) is 4.79 Å². The Kier molecular flexibility index (Phi) is 3.75. The van der Waals surface area contributed by atoms with E-state index >= 15 is 0 Å². The number of halogens is 1. The molecule has 1 aromatic carbocycles. The van der Waals surface area contributed by atoms with Gasteiger partial charge in [0.15, 0.2) is 0 Å². The molecule has 0 radical (unpaired) electrons. The van der Waals surface area contributed by atoms with Gasteiger partial charge in [-0.1, -0.05) is 11.6 Å². The predicted octanol–water partition coefficient (Wildman–Crippen LogP) is 2.07. The number of hydrogen-bond donors (Lipinski definition) is 2. The minimum absolute atomic E-state index is 0.295. The SMILES string of the molecule is CCN(CC(C)(C)O)c1cc2c(cc1Cl)C(=O)C(=O)N2. The Labute approximate surface area is 122 Å². The second-order valence-corrected chi connectivity index (χ2v) is 5.87. The first-order valence-electron chi connectivity index (χ1n) is 6.39. The number of carbonyl (C=O) groups is 2. The Bertz CT molecular complexity index is 579. The maximum absolute atomic E-state index is 11.6. The predicted molar refractivity (Wildman–Crippen MR) is 78.6 cm³/mol. The van der Waals surface area contributed by atoms with Crippen molar-refractivity contribution in [1.29, 1.82) is 0 Å². The molecule has 0 saturated carbocycles. The highest BCUT2D eigenvalue weighted by atomic mass is 35.5. The smallest absolute Gasteiger partial charge is 0.296 e. The van der Waals surface area contributed by atoms with E-state index < -0.39 is 17.3 Å². The molecule has 2 N–H and O–H groups in total. The van der Waals surface area contributed by atoms with Crippen molar-refractivity contribution in [1.82, 2.24) is 0 Å². The van der Waals surface area contributed by atoms with E-state index in [0.717, 1.165) is 0 Å². The molecule has 0 bridgehead atoms. The van der Waals surface area contributed by atoms with Gasteiger partial charge in [-0.3, -0.25) is 9.59 Å². The molecule has 20 heavy (non-hydrogen) atoms. The third-order valence-corrected chi connectivity index (χ3v) is 3.39. The van der Waals surface area contributed by atoms with Gasteiger partial charge >= 0.3 is 0 Å². The number of rotatable bonds is 4. The van der Waals surface area contributed by atoms with Crippen molar-refractivity contribution in [3.05, 3.63) is 22.7 Å². The fraction of sp³-hybridized carbons (Fsp3) is 0.429. The lowest BCUT2D eigenvalue weighted by molar-refractivity contribution is -0.112. The molecule has 0 saturated heterocycles. The van der Waals surface area contributed by atoms with Crippen molar-refractivity contribution in [2.45, 2.75) is 26.4 Å². The summed E-state index contributed by atoms with van der Waals surface area (Å²) in [5.41, 5.74) is 0.568. The van der Waals surface area contributed by atoms with Crippen molar-refractivity contribution < 1.29 is 14.7 Å². The Morgan fingerprint density at radius 3 is 2.55 bits per heavy atom. The number of hydrogen-bond acceptors (Lipinski definition) is 4. The molecule has 5 nitrogen and oxygen atoms in total. The molecule has 1 heterocycles. The van der Waals surface area contributed by atoms with Crippen LogP contribution in [0.25, 0.3) is 0 Å². The van der Waals surface area contributed by atoms with E-state index in [9.17, 15) is 14.7 Å². The van der Waals surface area contributed by atoms with E-state index in [1.165, 1.54) is 6.07 Å². The Morgan fingerprint density at radius 2 is 2.00 bits per heavy atom. The third-order valence-electron chi connectivity index (χ3n) is 3.09. The molecule has 1 aliphatic heterocycles. The van der Waals surface area contributed by atoms with Gasteiger partial charge in [0, 0.05) is 13.1 Å². The number of anilines is 2. The van der Waals surface area contributed by atoms with E-state index in [1.807, 2.05) is 11.8 Å². The van der Waals surface area contributed by atoms with Crippen LogP contribution in [0.2, 0.25) is 5.02 Å². The fourth-order valence-electron chi connectivity index (χ4n) is 2.23. The number of benzene rings is 1. The summed E-state index contributed by atoms with van der Waals surface area (Å²) in [6.07, 6.45) is 0.